The maximum absolute atomic E-state index is 14.1. The zero-order valence-corrected chi connectivity index (χ0v) is 25.9. The zero-order chi connectivity index (χ0) is 33.9. The van der Waals surface area contributed by atoms with Gasteiger partial charge in [-0.15, -0.1) is 0 Å². The number of ether oxygens (including phenoxy) is 1. The third-order valence-corrected chi connectivity index (χ3v) is 9.78. The van der Waals surface area contributed by atoms with Crippen LogP contribution >= 0.6 is 0 Å². The standard InChI is InChI=1S/C35H35N3O9/c1-38(2)28-23-15-18-14-22-21(16-4-8-19(9-5-16)37-34(45)17-6-10-20(47-3)11-7-17)12-13-24(39)26(22)29(40)25(18)31(42)35(23,46)32(43)27(30(28)41)33(36)44/h4-13,18,23,27-28,30,39-41,46H,14-15H2,1-3H3,(H2,36,44)(H,37,45)/t18-,23-,27?,28?,30?,35-/m1/s1. The molecule has 0 aromatic heterocycles. The Hall–Kier alpha value is -5.04. The third-order valence-electron chi connectivity index (χ3n) is 9.78. The molecule has 7 N–H and O–H groups in total. The highest BCUT2D eigenvalue weighted by Crippen LogP contribution is 2.53. The summed E-state index contributed by atoms with van der Waals surface area (Å²) in [6.45, 7) is 0. The molecule has 3 aliphatic carbocycles. The summed E-state index contributed by atoms with van der Waals surface area (Å²) in [6.07, 6.45) is -1.38. The van der Waals surface area contributed by atoms with E-state index in [1.807, 2.05) is 0 Å². The predicted molar refractivity (Wildman–Crippen MR) is 170 cm³/mol. The van der Waals surface area contributed by atoms with Crippen LogP contribution in [0, 0.1) is 17.8 Å². The predicted octanol–water partition coefficient (Wildman–Crippen LogP) is 2.06. The Morgan fingerprint density at radius 3 is 2.26 bits per heavy atom. The molecule has 3 unspecified atom stereocenters. The highest BCUT2D eigenvalue weighted by Gasteiger charge is 2.67. The number of aliphatic hydroxyl groups is 3. The second kappa shape index (κ2) is 11.6. The van der Waals surface area contributed by atoms with Crippen molar-refractivity contribution in [1.82, 2.24) is 4.90 Å². The second-order valence-electron chi connectivity index (χ2n) is 12.5. The van der Waals surface area contributed by atoms with Crippen molar-refractivity contribution in [3.05, 3.63) is 82.9 Å². The van der Waals surface area contributed by atoms with E-state index in [1.165, 1.54) is 6.07 Å². The van der Waals surface area contributed by atoms with Crippen molar-refractivity contribution in [3.8, 4) is 22.6 Å². The number of nitrogens with two attached hydrogens (primary N) is 1. The highest BCUT2D eigenvalue weighted by molar-refractivity contribution is 6.25. The molecular weight excluding hydrogens is 606 g/mol. The summed E-state index contributed by atoms with van der Waals surface area (Å²) in [4.78, 5) is 54.1. The van der Waals surface area contributed by atoms with E-state index in [0.717, 1.165) is 0 Å². The van der Waals surface area contributed by atoms with Crippen LogP contribution < -0.4 is 15.8 Å². The number of ketones is 2. The van der Waals surface area contributed by atoms with E-state index < -0.39 is 58.7 Å². The number of hydrogen-bond acceptors (Lipinski definition) is 10. The molecule has 0 bridgehead atoms. The van der Waals surface area contributed by atoms with Crippen LogP contribution in [-0.2, 0) is 20.8 Å². The smallest absolute Gasteiger partial charge is 0.255 e. The summed E-state index contributed by atoms with van der Waals surface area (Å²) in [6, 6.07) is 15.8. The van der Waals surface area contributed by atoms with Gasteiger partial charge in [0.1, 0.15) is 23.2 Å². The van der Waals surface area contributed by atoms with Crippen LogP contribution in [0.2, 0.25) is 0 Å². The first-order valence-corrected chi connectivity index (χ1v) is 15.1. The third kappa shape index (κ3) is 4.96. The molecule has 47 heavy (non-hydrogen) atoms. The number of phenols is 1. The van der Waals surface area contributed by atoms with Gasteiger partial charge < -0.3 is 41.1 Å². The summed E-state index contributed by atoms with van der Waals surface area (Å²) in [7, 11) is 4.74. The van der Waals surface area contributed by atoms with Crippen LogP contribution in [-0.4, -0.2) is 87.7 Å². The second-order valence-corrected chi connectivity index (χ2v) is 12.5. The Balaban J connectivity index is 1.36. The lowest BCUT2D eigenvalue weighted by Gasteiger charge is -2.53. The number of likely N-dealkylation sites (N-methyl/N-ethyl adjacent to an activating group) is 1. The van der Waals surface area contributed by atoms with Crippen LogP contribution in [0.4, 0.5) is 5.69 Å². The number of primary amides is 1. The number of aliphatic hydroxyl groups excluding tert-OH is 2. The Bertz CT molecular complexity index is 1830. The van der Waals surface area contributed by atoms with Gasteiger partial charge in [0.2, 0.25) is 11.7 Å². The number of phenolic OH excluding ortho intramolecular Hbond substituents is 1. The van der Waals surface area contributed by atoms with E-state index in [4.69, 9.17) is 10.5 Å². The largest absolute Gasteiger partial charge is 0.507 e. The number of benzene rings is 3. The van der Waals surface area contributed by atoms with Crippen LogP contribution in [0.15, 0.2) is 66.2 Å². The minimum Gasteiger partial charge on any atom is -0.507 e. The lowest BCUT2D eigenvalue weighted by atomic mass is 9.54. The number of carbonyl (C=O) groups excluding carboxylic acids is 4. The minimum atomic E-state index is -2.72. The molecule has 2 fully saturated rings. The maximum Gasteiger partial charge on any atom is 0.255 e. The van der Waals surface area contributed by atoms with Crippen molar-refractivity contribution in [2.45, 2.75) is 30.6 Å². The Morgan fingerprint density at radius 2 is 1.66 bits per heavy atom. The molecule has 12 heteroatoms. The average molecular weight is 642 g/mol. The first-order chi connectivity index (χ1) is 22.3. The topological polar surface area (TPSA) is 200 Å². The van der Waals surface area contributed by atoms with E-state index in [9.17, 15) is 39.6 Å². The van der Waals surface area contributed by atoms with Crippen LogP contribution in [0.25, 0.3) is 16.9 Å². The van der Waals surface area contributed by atoms with Gasteiger partial charge in [-0.05, 0) is 92.0 Å². The number of fused-ring (bicyclic) bond motifs is 3. The van der Waals surface area contributed by atoms with Gasteiger partial charge >= 0.3 is 0 Å². The fraction of sp³-hybridized carbons (Fsp3) is 0.314. The maximum atomic E-state index is 14.1. The Morgan fingerprint density at radius 1 is 1.00 bits per heavy atom. The van der Waals surface area contributed by atoms with Crippen molar-refractivity contribution < 1.29 is 44.3 Å². The van der Waals surface area contributed by atoms with Crippen molar-refractivity contribution in [2.75, 3.05) is 26.5 Å². The number of nitrogens with one attached hydrogen (secondary N) is 1. The molecule has 2 saturated carbocycles. The van der Waals surface area contributed by atoms with Crippen LogP contribution in [0.3, 0.4) is 0 Å². The first-order valence-electron chi connectivity index (χ1n) is 15.1. The molecule has 2 amide bonds. The SMILES string of the molecule is COc1ccc(C(=O)Nc2ccc(-c3ccc(O)c4c3C[C@@H]3C[C@@H]5C(N(C)C)C(O)C(C(N)=O)C(=O)[C@]5(O)C(=O)C3=C4O)cc2)cc1. The number of amides is 2. The molecule has 3 aromatic carbocycles. The minimum absolute atomic E-state index is 0.0000565. The number of hydrogen-bond donors (Lipinski definition) is 6. The highest BCUT2D eigenvalue weighted by atomic mass is 16.5. The lowest BCUT2D eigenvalue weighted by Crippen LogP contribution is -2.73. The van der Waals surface area contributed by atoms with Gasteiger partial charge in [0, 0.05) is 28.8 Å². The first kappa shape index (κ1) is 31.9. The molecule has 0 spiro atoms. The summed E-state index contributed by atoms with van der Waals surface area (Å²) in [5.41, 5.74) is 5.39. The van der Waals surface area contributed by atoms with Gasteiger partial charge in [-0.3, -0.25) is 19.2 Å². The molecular formula is C35H35N3O9. The van der Waals surface area contributed by atoms with E-state index in [0.29, 0.717) is 33.7 Å². The van der Waals surface area contributed by atoms with E-state index in [1.54, 1.807) is 80.7 Å². The monoisotopic (exact) mass is 641 g/mol. The zero-order valence-electron chi connectivity index (χ0n) is 25.9. The van der Waals surface area contributed by atoms with E-state index in [2.05, 4.69) is 5.32 Å². The molecule has 0 radical (unpaired) electrons. The Kier molecular flexibility index (Phi) is 7.91. The number of aromatic hydroxyl groups is 1. The molecule has 0 aliphatic heterocycles. The van der Waals surface area contributed by atoms with Crippen molar-refractivity contribution >= 4 is 34.8 Å². The molecule has 0 heterocycles. The molecule has 12 nitrogen and oxygen atoms in total. The average Bonchev–Trinajstić information content (AvgIpc) is 3.03. The molecule has 6 atom stereocenters. The van der Waals surface area contributed by atoms with Gasteiger partial charge in [-0.1, -0.05) is 18.2 Å². The van der Waals surface area contributed by atoms with E-state index in [-0.39, 0.29) is 35.6 Å². The molecule has 6 rings (SSSR count). The number of Topliss-reactive ketones (excluding diaryl/α,β-unsaturated/α-hetero) is 2. The van der Waals surface area contributed by atoms with Crippen LogP contribution in [0.5, 0.6) is 11.5 Å². The normalized spacial score (nSPS) is 26.7. The number of rotatable bonds is 6. The summed E-state index contributed by atoms with van der Waals surface area (Å²) < 4.78 is 5.14. The van der Waals surface area contributed by atoms with E-state index >= 15 is 0 Å². The molecule has 0 saturated heterocycles. The molecule has 3 aromatic rings. The van der Waals surface area contributed by atoms with Crippen molar-refractivity contribution in [1.29, 1.82) is 0 Å². The van der Waals surface area contributed by atoms with Crippen molar-refractivity contribution in [3.63, 3.8) is 0 Å². The quantitative estimate of drug-likeness (QED) is 0.217. The fourth-order valence-corrected chi connectivity index (χ4v) is 7.55. The fourth-order valence-electron chi connectivity index (χ4n) is 7.55. The van der Waals surface area contributed by atoms with Gasteiger partial charge in [0.15, 0.2) is 11.4 Å². The van der Waals surface area contributed by atoms with Gasteiger partial charge in [0.25, 0.3) is 5.91 Å². The Labute approximate surface area is 270 Å². The van der Waals surface area contributed by atoms with Gasteiger partial charge in [0.05, 0.1) is 18.8 Å². The summed E-state index contributed by atoms with van der Waals surface area (Å²) in [5, 5.41) is 48.1. The van der Waals surface area contributed by atoms with Gasteiger partial charge in [-0.25, -0.2) is 0 Å². The van der Waals surface area contributed by atoms with Crippen LogP contribution in [0.1, 0.15) is 27.9 Å². The molecule has 3 aliphatic rings. The summed E-state index contributed by atoms with van der Waals surface area (Å²) in [5.74, 6) is -7.61. The lowest BCUT2D eigenvalue weighted by molar-refractivity contribution is -0.184. The number of anilines is 1. The van der Waals surface area contributed by atoms with Crippen molar-refractivity contribution in [2.24, 2.45) is 23.5 Å². The number of methoxy groups -OCH3 is 1. The van der Waals surface area contributed by atoms with Gasteiger partial charge in [-0.2, -0.15) is 0 Å². The number of carbonyl (C=O) groups is 4. The molecule has 244 valence electrons. The summed E-state index contributed by atoms with van der Waals surface area (Å²) >= 11 is 0. The number of nitrogens with zero attached hydrogens (tertiary/aromatic N) is 1.